The Labute approximate surface area is 113 Å². The van der Waals surface area contributed by atoms with Crippen molar-refractivity contribution < 1.29 is 24.2 Å². The van der Waals surface area contributed by atoms with Gasteiger partial charge in [-0.2, -0.15) is 0 Å². The van der Waals surface area contributed by atoms with Gasteiger partial charge in [-0.15, -0.1) is 0 Å². The van der Waals surface area contributed by atoms with E-state index in [1.807, 2.05) is 0 Å². The van der Waals surface area contributed by atoms with Gasteiger partial charge in [0.15, 0.2) is 0 Å². The van der Waals surface area contributed by atoms with Gasteiger partial charge in [-0.1, -0.05) is 0 Å². The average molecular weight is 273 g/mol. The molecule has 1 saturated heterocycles. The number of esters is 1. The maximum Gasteiger partial charge on any atom is 0.410 e. The first-order valence-electron chi connectivity index (χ1n) is 6.42. The Morgan fingerprint density at radius 1 is 1.37 bits per heavy atom. The van der Waals surface area contributed by atoms with Crippen LogP contribution in [0.3, 0.4) is 0 Å². The minimum Gasteiger partial charge on any atom is -0.469 e. The van der Waals surface area contributed by atoms with Gasteiger partial charge in [0.05, 0.1) is 19.3 Å². The molecule has 0 radical (unpaired) electrons. The highest BCUT2D eigenvalue weighted by Crippen LogP contribution is 2.27. The van der Waals surface area contributed by atoms with E-state index in [2.05, 4.69) is 4.74 Å². The Bertz CT molecular complexity index is 349. The fourth-order valence-corrected chi connectivity index (χ4v) is 1.98. The molecule has 6 nitrogen and oxygen atoms in total. The molecule has 0 aliphatic carbocycles. The molecule has 0 aromatic heterocycles. The van der Waals surface area contributed by atoms with Gasteiger partial charge in [-0.3, -0.25) is 4.79 Å². The van der Waals surface area contributed by atoms with E-state index in [0.29, 0.717) is 19.4 Å². The zero-order chi connectivity index (χ0) is 14.7. The molecule has 1 fully saturated rings. The highest BCUT2D eigenvalue weighted by atomic mass is 16.6. The van der Waals surface area contributed by atoms with Gasteiger partial charge in [-0.25, -0.2) is 4.79 Å². The molecule has 0 bridgehead atoms. The molecule has 0 spiro atoms. The van der Waals surface area contributed by atoms with Crippen LogP contribution in [-0.2, 0) is 14.3 Å². The lowest BCUT2D eigenvalue weighted by Crippen LogP contribution is -2.39. The number of β-amino-alcohol motifs (C(OH)–C–C–N with tert-alkyl or cyclic N) is 1. The van der Waals surface area contributed by atoms with Crippen LogP contribution in [0.25, 0.3) is 0 Å². The molecule has 0 aromatic carbocycles. The summed E-state index contributed by atoms with van der Waals surface area (Å²) in [6.07, 6.45) is 0.457. The first-order valence-corrected chi connectivity index (χ1v) is 6.42. The van der Waals surface area contributed by atoms with Crippen molar-refractivity contribution in [3.63, 3.8) is 0 Å². The van der Waals surface area contributed by atoms with Gasteiger partial charge in [0, 0.05) is 13.0 Å². The van der Waals surface area contributed by atoms with Crippen molar-refractivity contribution in [3.8, 4) is 0 Å². The van der Waals surface area contributed by atoms with Crippen molar-refractivity contribution in [1.29, 1.82) is 0 Å². The van der Waals surface area contributed by atoms with E-state index in [-0.39, 0.29) is 18.9 Å². The zero-order valence-electron chi connectivity index (χ0n) is 12.1. The molecular formula is C13H23NO5. The summed E-state index contributed by atoms with van der Waals surface area (Å²) in [4.78, 5) is 24.4. The maximum absolute atomic E-state index is 11.8. The molecular weight excluding hydrogens is 250 g/mol. The molecule has 1 unspecified atom stereocenters. The van der Waals surface area contributed by atoms with Crippen LogP contribution in [0.1, 0.15) is 40.0 Å². The SMILES string of the molecule is COC(=O)CCC1(O)CCN(C(=O)OC(C)(C)C)C1. The molecule has 1 amide bonds. The van der Waals surface area contributed by atoms with Crippen LogP contribution in [0, 0.1) is 0 Å². The van der Waals surface area contributed by atoms with Crippen LogP contribution in [0.15, 0.2) is 0 Å². The number of rotatable bonds is 3. The third-order valence-electron chi connectivity index (χ3n) is 3.01. The summed E-state index contributed by atoms with van der Waals surface area (Å²) < 4.78 is 9.79. The van der Waals surface area contributed by atoms with Crippen molar-refractivity contribution >= 4 is 12.1 Å². The second-order valence-electron chi connectivity index (χ2n) is 5.95. The van der Waals surface area contributed by atoms with E-state index in [1.165, 1.54) is 12.0 Å². The van der Waals surface area contributed by atoms with Gasteiger partial charge in [0.1, 0.15) is 5.60 Å². The quantitative estimate of drug-likeness (QED) is 0.785. The topological polar surface area (TPSA) is 76.1 Å². The summed E-state index contributed by atoms with van der Waals surface area (Å²) in [5, 5.41) is 10.3. The van der Waals surface area contributed by atoms with Crippen molar-refractivity contribution in [2.24, 2.45) is 0 Å². The lowest BCUT2D eigenvalue weighted by molar-refractivity contribution is -0.142. The van der Waals surface area contributed by atoms with Gasteiger partial charge < -0.3 is 19.5 Å². The normalized spacial score (nSPS) is 23.3. The number of amides is 1. The minimum atomic E-state index is -1.02. The third-order valence-corrected chi connectivity index (χ3v) is 3.01. The fraction of sp³-hybridized carbons (Fsp3) is 0.846. The number of methoxy groups -OCH3 is 1. The standard InChI is InChI=1S/C13H23NO5/c1-12(2,3)19-11(16)14-8-7-13(17,9-14)6-5-10(15)18-4/h17H,5-9H2,1-4H3. The number of likely N-dealkylation sites (tertiary alicyclic amines) is 1. The smallest absolute Gasteiger partial charge is 0.410 e. The molecule has 1 aliphatic heterocycles. The molecule has 110 valence electrons. The molecule has 0 saturated carbocycles. The van der Waals surface area contributed by atoms with E-state index in [0.717, 1.165) is 0 Å². The number of hydrogen-bond acceptors (Lipinski definition) is 5. The predicted octanol–water partition coefficient (Wildman–Crippen LogP) is 1.31. The molecule has 19 heavy (non-hydrogen) atoms. The summed E-state index contributed by atoms with van der Waals surface area (Å²) in [7, 11) is 1.31. The van der Waals surface area contributed by atoms with Crippen LogP contribution in [0.5, 0.6) is 0 Å². The zero-order valence-corrected chi connectivity index (χ0v) is 12.1. The monoisotopic (exact) mass is 273 g/mol. The highest BCUT2D eigenvalue weighted by Gasteiger charge is 2.39. The second-order valence-corrected chi connectivity index (χ2v) is 5.95. The summed E-state index contributed by atoms with van der Waals surface area (Å²) in [6.45, 7) is 6.02. The van der Waals surface area contributed by atoms with Crippen molar-refractivity contribution in [2.75, 3.05) is 20.2 Å². The van der Waals surface area contributed by atoms with Crippen LogP contribution >= 0.6 is 0 Å². The molecule has 1 N–H and O–H groups in total. The Kier molecular flexibility index (Phi) is 4.79. The Hall–Kier alpha value is -1.30. The molecule has 1 atom stereocenters. The van der Waals surface area contributed by atoms with Crippen LogP contribution in [0.4, 0.5) is 4.79 Å². The van der Waals surface area contributed by atoms with Gasteiger partial charge in [0.25, 0.3) is 0 Å². The van der Waals surface area contributed by atoms with Crippen LogP contribution in [-0.4, -0.2) is 53.5 Å². The second kappa shape index (κ2) is 5.77. The first kappa shape index (κ1) is 15.8. The van der Waals surface area contributed by atoms with E-state index in [1.54, 1.807) is 20.8 Å². The third kappa shape index (κ3) is 5.06. The summed E-state index contributed by atoms with van der Waals surface area (Å²) >= 11 is 0. The van der Waals surface area contributed by atoms with Crippen LogP contribution in [0.2, 0.25) is 0 Å². The van der Waals surface area contributed by atoms with Crippen molar-refractivity contribution in [2.45, 2.75) is 51.2 Å². The minimum absolute atomic E-state index is 0.148. The molecule has 1 heterocycles. The molecule has 6 heteroatoms. The van der Waals surface area contributed by atoms with Gasteiger partial charge >= 0.3 is 12.1 Å². The Balaban J connectivity index is 2.48. The molecule has 1 rings (SSSR count). The average Bonchev–Trinajstić information content (AvgIpc) is 2.67. The first-order chi connectivity index (χ1) is 8.65. The molecule has 1 aliphatic rings. The predicted molar refractivity (Wildman–Crippen MR) is 68.6 cm³/mol. The summed E-state index contributed by atoms with van der Waals surface area (Å²) in [5.74, 6) is -0.357. The van der Waals surface area contributed by atoms with Crippen molar-refractivity contribution in [1.82, 2.24) is 4.90 Å². The summed E-state index contributed by atoms with van der Waals surface area (Å²) in [5.41, 5.74) is -1.57. The van der Waals surface area contributed by atoms with Crippen molar-refractivity contribution in [3.05, 3.63) is 0 Å². The van der Waals surface area contributed by atoms with E-state index in [9.17, 15) is 14.7 Å². The largest absolute Gasteiger partial charge is 0.469 e. The Morgan fingerprint density at radius 2 is 2.00 bits per heavy atom. The van der Waals surface area contributed by atoms with E-state index < -0.39 is 17.3 Å². The lowest BCUT2D eigenvalue weighted by Gasteiger charge is -2.26. The highest BCUT2D eigenvalue weighted by molar-refractivity contribution is 5.70. The molecule has 0 aromatic rings. The van der Waals surface area contributed by atoms with Gasteiger partial charge in [0.2, 0.25) is 0 Å². The van der Waals surface area contributed by atoms with E-state index in [4.69, 9.17) is 4.74 Å². The number of carbonyl (C=O) groups is 2. The lowest BCUT2D eigenvalue weighted by atomic mass is 9.97. The number of aliphatic hydroxyl groups is 1. The number of nitrogens with zero attached hydrogens (tertiary/aromatic N) is 1. The Morgan fingerprint density at radius 3 is 2.53 bits per heavy atom. The maximum atomic E-state index is 11.8. The van der Waals surface area contributed by atoms with E-state index >= 15 is 0 Å². The van der Waals surface area contributed by atoms with Crippen LogP contribution < -0.4 is 0 Å². The number of hydrogen-bond donors (Lipinski definition) is 1. The van der Waals surface area contributed by atoms with Gasteiger partial charge in [-0.05, 0) is 33.6 Å². The number of ether oxygens (including phenoxy) is 2. The number of carbonyl (C=O) groups excluding carboxylic acids is 2. The summed E-state index contributed by atoms with van der Waals surface area (Å²) in [6, 6.07) is 0. The fourth-order valence-electron chi connectivity index (χ4n) is 1.98.